The first-order valence-electron chi connectivity index (χ1n) is 4.95. The topological polar surface area (TPSA) is 63.2 Å². The van der Waals surface area contributed by atoms with E-state index in [1.165, 1.54) is 6.92 Å². The van der Waals surface area contributed by atoms with Gasteiger partial charge in [-0.15, -0.1) is 0 Å². The van der Waals surface area contributed by atoms with Gasteiger partial charge < -0.3 is 5.32 Å². The molecule has 1 aromatic rings. The van der Waals surface area contributed by atoms with E-state index in [-0.39, 0.29) is 12.5 Å². The van der Waals surface area contributed by atoms with Crippen molar-refractivity contribution in [2.75, 3.05) is 6.54 Å². The van der Waals surface area contributed by atoms with Crippen LogP contribution in [0.3, 0.4) is 0 Å². The number of rotatable bonds is 3. The fourth-order valence-electron chi connectivity index (χ4n) is 1.23. The van der Waals surface area contributed by atoms with E-state index in [9.17, 15) is 14.4 Å². The minimum atomic E-state index is -0.182. The average molecular weight is 229 g/mol. The Hall–Kier alpha value is -2.41. The fraction of sp³-hybridized carbons (Fsp3) is 0.154. The van der Waals surface area contributed by atoms with Crippen LogP contribution in [0.2, 0.25) is 0 Å². The minimum absolute atomic E-state index is 0.181. The summed E-state index contributed by atoms with van der Waals surface area (Å²) in [6, 6.07) is 4.79. The van der Waals surface area contributed by atoms with Crippen molar-refractivity contribution in [3.63, 3.8) is 0 Å². The molecule has 0 fully saturated rings. The first-order valence-corrected chi connectivity index (χ1v) is 4.95. The highest BCUT2D eigenvalue weighted by Crippen LogP contribution is 2.09. The molecule has 0 aliphatic heterocycles. The Morgan fingerprint density at radius 3 is 2.35 bits per heavy atom. The molecule has 17 heavy (non-hydrogen) atoms. The highest BCUT2D eigenvalue weighted by atomic mass is 16.1. The van der Waals surface area contributed by atoms with E-state index in [1.54, 1.807) is 18.2 Å². The standard InChI is InChI=1S/C13H11NO3/c1-10(17)14-7-3-6-13-11(8-15)4-2-5-12(13)9-16/h2,4-5,8-9H,7H2,1H3,(H,14,17). The highest BCUT2D eigenvalue weighted by Gasteiger charge is 2.03. The van der Waals surface area contributed by atoms with Crippen LogP contribution in [-0.4, -0.2) is 25.0 Å². The summed E-state index contributed by atoms with van der Waals surface area (Å²) in [5.74, 6) is 5.21. The molecule has 0 atom stereocenters. The van der Waals surface area contributed by atoms with Gasteiger partial charge in [0.05, 0.1) is 6.54 Å². The second-order valence-electron chi connectivity index (χ2n) is 3.26. The Morgan fingerprint density at radius 2 is 1.88 bits per heavy atom. The third-order valence-electron chi connectivity index (χ3n) is 2.02. The van der Waals surface area contributed by atoms with Crippen LogP contribution in [0, 0.1) is 11.8 Å². The van der Waals surface area contributed by atoms with E-state index >= 15 is 0 Å². The summed E-state index contributed by atoms with van der Waals surface area (Å²) in [5.41, 5.74) is 1.12. The van der Waals surface area contributed by atoms with Crippen molar-refractivity contribution in [3.8, 4) is 11.8 Å². The highest BCUT2D eigenvalue weighted by molar-refractivity contribution is 5.88. The summed E-state index contributed by atoms with van der Waals surface area (Å²) in [6.07, 6.45) is 1.30. The molecule has 86 valence electrons. The third-order valence-corrected chi connectivity index (χ3v) is 2.02. The molecule has 0 aliphatic rings. The van der Waals surface area contributed by atoms with Crippen LogP contribution in [0.5, 0.6) is 0 Å². The van der Waals surface area contributed by atoms with Crippen molar-refractivity contribution in [2.45, 2.75) is 6.92 Å². The summed E-state index contributed by atoms with van der Waals surface area (Å²) in [4.78, 5) is 32.2. The number of benzene rings is 1. The summed E-state index contributed by atoms with van der Waals surface area (Å²) < 4.78 is 0. The fourth-order valence-corrected chi connectivity index (χ4v) is 1.23. The molecule has 4 heteroatoms. The zero-order valence-electron chi connectivity index (χ0n) is 9.32. The molecule has 4 nitrogen and oxygen atoms in total. The summed E-state index contributed by atoms with van der Waals surface area (Å²) in [6.45, 7) is 1.57. The second kappa shape index (κ2) is 6.23. The van der Waals surface area contributed by atoms with Crippen LogP contribution < -0.4 is 5.32 Å². The van der Waals surface area contributed by atoms with Gasteiger partial charge in [-0.3, -0.25) is 14.4 Å². The lowest BCUT2D eigenvalue weighted by atomic mass is 10.0. The number of hydrogen-bond acceptors (Lipinski definition) is 3. The van der Waals surface area contributed by atoms with E-state index in [0.717, 1.165) is 0 Å². The van der Waals surface area contributed by atoms with E-state index in [2.05, 4.69) is 17.2 Å². The number of nitrogens with one attached hydrogen (secondary N) is 1. The molecular formula is C13H11NO3. The number of amides is 1. The molecule has 0 aliphatic carbocycles. The monoisotopic (exact) mass is 229 g/mol. The van der Waals surface area contributed by atoms with Crippen LogP contribution in [0.4, 0.5) is 0 Å². The van der Waals surface area contributed by atoms with Crippen molar-refractivity contribution in [3.05, 3.63) is 34.9 Å². The molecule has 1 amide bonds. The van der Waals surface area contributed by atoms with Crippen LogP contribution in [-0.2, 0) is 4.79 Å². The molecule has 0 unspecified atom stereocenters. The molecule has 0 spiro atoms. The van der Waals surface area contributed by atoms with Gasteiger partial charge in [0.25, 0.3) is 0 Å². The summed E-state index contributed by atoms with van der Waals surface area (Å²) in [7, 11) is 0. The zero-order valence-corrected chi connectivity index (χ0v) is 9.32. The van der Waals surface area contributed by atoms with Crippen LogP contribution in [0.25, 0.3) is 0 Å². The van der Waals surface area contributed by atoms with Gasteiger partial charge in [-0.1, -0.05) is 30.0 Å². The minimum Gasteiger partial charge on any atom is -0.345 e. The maximum atomic E-state index is 10.8. The maximum absolute atomic E-state index is 10.8. The number of carbonyl (C=O) groups excluding carboxylic acids is 3. The number of hydrogen-bond donors (Lipinski definition) is 1. The number of carbonyl (C=O) groups is 3. The SMILES string of the molecule is CC(=O)NCC#Cc1c(C=O)cccc1C=O. The van der Waals surface area contributed by atoms with Gasteiger partial charge in [-0.25, -0.2) is 0 Å². The first-order chi connectivity index (χ1) is 8.19. The largest absolute Gasteiger partial charge is 0.345 e. The van der Waals surface area contributed by atoms with Gasteiger partial charge in [0.2, 0.25) is 5.91 Å². The predicted octanol–water partition coefficient (Wildman–Crippen LogP) is 0.799. The number of aldehydes is 2. The molecule has 0 radical (unpaired) electrons. The van der Waals surface area contributed by atoms with Crippen molar-refractivity contribution >= 4 is 18.5 Å². The van der Waals surface area contributed by atoms with Gasteiger partial charge in [-0.2, -0.15) is 0 Å². The van der Waals surface area contributed by atoms with Crippen molar-refractivity contribution in [1.29, 1.82) is 0 Å². The Kier molecular flexibility index (Phi) is 4.64. The lowest BCUT2D eigenvalue weighted by Gasteiger charge is -1.99. The lowest BCUT2D eigenvalue weighted by Crippen LogP contribution is -2.19. The van der Waals surface area contributed by atoms with E-state index < -0.39 is 0 Å². The van der Waals surface area contributed by atoms with Crippen molar-refractivity contribution < 1.29 is 14.4 Å². The molecule has 1 aromatic carbocycles. The normalized spacial score (nSPS) is 8.76. The zero-order chi connectivity index (χ0) is 12.7. The molecule has 0 saturated carbocycles. The Balaban J connectivity index is 2.98. The summed E-state index contributed by atoms with van der Waals surface area (Å²) >= 11 is 0. The van der Waals surface area contributed by atoms with E-state index in [0.29, 0.717) is 29.3 Å². The average Bonchev–Trinajstić information content (AvgIpc) is 2.34. The second-order valence-corrected chi connectivity index (χ2v) is 3.26. The smallest absolute Gasteiger partial charge is 0.217 e. The van der Waals surface area contributed by atoms with Gasteiger partial charge in [0, 0.05) is 23.6 Å². The van der Waals surface area contributed by atoms with Crippen molar-refractivity contribution in [1.82, 2.24) is 5.32 Å². The molecule has 0 bridgehead atoms. The molecule has 0 aromatic heterocycles. The van der Waals surface area contributed by atoms with Crippen LogP contribution in [0.1, 0.15) is 33.2 Å². The van der Waals surface area contributed by atoms with Crippen LogP contribution in [0.15, 0.2) is 18.2 Å². The first kappa shape index (κ1) is 12.7. The Labute approximate surface area is 99.0 Å². The summed E-state index contributed by atoms with van der Waals surface area (Å²) in [5, 5.41) is 2.50. The third kappa shape index (κ3) is 3.58. The lowest BCUT2D eigenvalue weighted by molar-refractivity contribution is -0.118. The van der Waals surface area contributed by atoms with Gasteiger partial charge in [0.1, 0.15) is 0 Å². The predicted molar refractivity (Wildman–Crippen MR) is 62.8 cm³/mol. The quantitative estimate of drug-likeness (QED) is 0.616. The van der Waals surface area contributed by atoms with E-state index in [1.807, 2.05) is 0 Å². The molecular weight excluding hydrogens is 218 g/mol. The van der Waals surface area contributed by atoms with Gasteiger partial charge in [0.15, 0.2) is 12.6 Å². The van der Waals surface area contributed by atoms with Crippen LogP contribution >= 0.6 is 0 Å². The molecule has 0 heterocycles. The molecule has 1 N–H and O–H groups in total. The van der Waals surface area contributed by atoms with E-state index in [4.69, 9.17) is 0 Å². The van der Waals surface area contributed by atoms with Gasteiger partial charge >= 0.3 is 0 Å². The van der Waals surface area contributed by atoms with Crippen molar-refractivity contribution in [2.24, 2.45) is 0 Å². The maximum Gasteiger partial charge on any atom is 0.217 e. The van der Waals surface area contributed by atoms with Gasteiger partial charge in [-0.05, 0) is 0 Å². The molecule has 1 rings (SSSR count). The Morgan fingerprint density at radius 1 is 1.29 bits per heavy atom. The molecule has 0 saturated heterocycles. The Bertz CT molecular complexity index is 483.